The molecule has 0 aliphatic carbocycles. The number of nitrogens with one attached hydrogen (secondary N) is 1. The van der Waals surface area contributed by atoms with Gasteiger partial charge in [0.05, 0.1) is 23.5 Å². The molecule has 0 saturated carbocycles. The number of amides is 1. The number of anilines is 1. The van der Waals surface area contributed by atoms with Gasteiger partial charge in [-0.25, -0.2) is 9.67 Å². The summed E-state index contributed by atoms with van der Waals surface area (Å²) in [7, 11) is 0. The summed E-state index contributed by atoms with van der Waals surface area (Å²) >= 11 is 11.9. The Morgan fingerprint density at radius 1 is 1.11 bits per heavy atom. The number of carbonyl (C=O) groups is 1. The second kappa shape index (κ2) is 7.66. The van der Waals surface area contributed by atoms with Gasteiger partial charge in [-0.05, 0) is 55.5 Å². The van der Waals surface area contributed by atoms with E-state index in [-0.39, 0.29) is 11.9 Å². The first-order chi connectivity index (χ1) is 13.5. The van der Waals surface area contributed by atoms with Crippen LogP contribution in [0.3, 0.4) is 0 Å². The highest BCUT2D eigenvalue weighted by atomic mass is 35.5. The number of hydrogen-bond donors (Lipinski definition) is 1. The quantitative estimate of drug-likeness (QED) is 0.678. The van der Waals surface area contributed by atoms with Gasteiger partial charge in [0, 0.05) is 15.6 Å². The third-order valence-corrected chi connectivity index (χ3v) is 4.71. The molecule has 2 aromatic carbocycles. The first-order valence-corrected chi connectivity index (χ1v) is 9.39. The lowest BCUT2D eigenvalue weighted by molar-refractivity contribution is 0.102. The van der Waals surface area contributed by atoms with Crippen molar-refractivity contribution in [3.8, 4) is 5.69 Å². The lowest BCUT2D eigenvalue weighted by Crippen LogP contribution is -2.17. The molecule has 1 aliphatic heterocycles. The van der Waals surface area contributed by atoms with Crippen LogP contribution in [0.25, 0.3) is 5.69 Å². The molecule has 3 aromatic rings. The van der Waals surface area contributed by atoms with E-state index in [1.54, 1.807) is 47.3 Å². The Bertz CT molecular complexity index is 1040. The number of ether oxygens (including phenoxy) is 1. The van der Waals surface area contributed by atoms with E-state index < -0.39 is 0 Å². The number of aromatic nitrogens is 2. The highest BCUT2D eigenvalue weighted by molar-refractivity contribution is 6.31. The van der Waals surface area contributed by atoms with Crippen molar-refractivity contribution in [2.75, 3.05) is 11.9 Å². The van der Waals surface area contributed by atoms with Gasteiger partial charge in [0.25, 0.3) is 5.91 Å². The molecule has 142 valence electrons. The van der Waals surface area contributed by atoms with Crippen molar-refractivity contribution in [1.29, 1.82) is 0 Å². The predicted octanol–water partition coefficient (Wildman–Crippen LogP) is 4.60. The summed E-state index contributed by atoms with van der Waals surface area (Å²) < 4.78 is 7.29. The van der Waals surface area contributed by atoms with Gasteiger partial charge < -0.3 is 10.1 Å². The lowest BCUT2D eigenvalue weighted by atomic mass is 10.2. The van der Waals surface area contributed by atoms with E-state index in [9.17, 15) is 4.79 Å². The summed E-state index contributed by atoms with van der Waals surface area (Å²) in [4.78, 5) is 17.3. The zero-order chi connectivity index (χ0) is 19.7. The van der Waals surface area contributed by atoms with Crippen molar-refractivity contribution >= 4 is 40.8 Å². The van der Waals surface area contributed by atoms with Crippen LogP contribution in [0.2, 0.25) is 10.0 Å². The molecule has 1 N–H and O–H groups in total. The molecule has 1 atom stereocenters. The van der Waals surface area contributed by atoms with E-state index in [2.05, 4.69) is 15.4 Å². The predicted molar refractivity (Wildman–Crippen MR) is 110 cm³/mol. The number of hydrogen-bond acceptors (Lipinski definition) is 4. The van der Waals surface area contributed by atoms with Crippen LogP contribution in [-0.2, 0) is 4.74 Å². The van der Waals surface area contributed by atoms with Crippen molar-refractivity contribution in [3.05, 3.63) is 75.9 Å². The molecule has 6 nitrogen and oxygen atoms in total. The van der Waals surface area contributed by atoms with Gasteiger partial charge in [-0.15, -0.1) is 0 Å². The van der Waals surface area contributed by atoms with Gasteiger partial charge in [0.2, 0.25) is 5.90 Å². The molecule has 1 amide bonds. The van der Waals surface area contributed by atoms with Crippen LogP contribution in [0, 0.1) is 0 Å². The molecule has 1 unspecified atom stereocenters. The van der Waals surface area contributed by atoms with Crippen LogP contribution in [0.15, 0.2) is 59.7 Å². The third-order valence-electron chi connectivity index (χ3n) is 4.21. The van der Waals surface area contributed by atoms with Crippen molar-refractivity contribution < 1.29 is 9.53 Å². The van der Waals surface area contributed by atoms with E-state index >= 15 is 0 Å². The molecule has 8 heteroatoms. The smallest absolute Gasteiger partial charge is 0.256 e. The van der Waals surface area contributed by atoms with E-state index in [0.29, 0.717) is 39.5 Å². The molecule has 0 spiro atoms. The van der Waals surface area contributed by atoms with Gasteiger partial charge >= 0.3 is 0 Å². The number of rotatable bonds is 4. The highest BCUT2D eigenvalue weighted by Crippen LogP contribution is 2.25. The number of nitrogens with zero attached hydrogens (tertiary/aromatic N) is 3. The molecule has 0 saturated heterocycles. The fraction of sp³-hybridized carbons (Fsp3) is 0.150. The summed E-state index contributed by atoms with van der Waals surface area (Å²) in [5, 5.41) is 8.52. The molecule has 1 aliphatic rings. The van der Waals surface area contributed by atoms with Crippen LogP contribution >= 0.6 is 23.2 Å². The van der Waals surface area contributed by atoms with Crippen molar-refractivity contribution in [2.45, 2.75) is 13.0 Å². The van der Waals surface area contributed by atoms with Crippen LogP contribution < -0.4 is 5.32 Å². The summed E-state index contributed by atoms with van der Waals surface area (Å²) in [6.07, 6.45) is 1.63. The van der Waals surface area contributed by atoms with Gasteiger partial charge in [0.15, 0.2) is 0 Å². The minimum absolute atomic E-state index is 0.0497. The number of benzene rings is 2. The lowest BCUT2D eigenvalue weighted by Gasteiger charge is -2.11. The zero-order valence-corrected chi connectivity index (χ0v) is 16.4. The van der Waals surface area contributed by atoms with E-state index in [4.69, 9.17) is 27.9 Å². The Balaban J connectivity index is 1.74. The molecule has 0 radical (unpaired) electrons. The Kier molecular flexibility index (Phi) is 5.07. The highest BCUT2D eigenvalue weighted by Gasteiger charge is 2.24. The molecular formula is C20H16Cl2N4O2. The number of carbonyl (C=O) groups excluding carboxylic acids is 1. The minimum atomic E-state index is -0.291. The van der Waals surface area contributed by atoms with Gasteiger partial charge in [-0.1, -0.05) is 23.2 Å². The van der Waals surface area contributed by atoms with E-state index in [1.807, 2.05) is 19.1 Å². The Morgan fingerprint density at radius 3 is 2.36 bits per heavy atom. The zero-order valence-electron chi connectivity index (χ0n) is 14.9. The molecule has 0 bridgehead atoms. The SMILES string of the molecule is CC1COC(c2cnn(-c3ccc(Cl)cc3)c2NC(=O)c2ccc(Cl)cc2)=N1. The third kappa shape index (κ3) is 3.74. The van der Waals surface area contributed by atoms with Gasteiger partial charge in [-0.2, -0.15) is 5.10 Å². The van der Waals surface area contributed by atoms with Crippen molar-refractivity contribution in [2.24, 2.45) is 4.99 Å². The molecule has 0 fully saturated rings. The molecular weight excluding hydrogens is 399 g/mol. The van der Waals surface area contributed by atoms with Crippen molar-refractivity contribution in [3.63, 3.8) is 0 Å². The number of halogens is 2. The standard InChI is InChI=1S/C20H16Cl2N4O2/c1-12-11-28-20(24-12)17-10-23-26(16-8-6-15(22)7-9-16)18(17)25-19(27)13-2-4-14(21)5-3-13/h2-10,12H,11H2,1H3,(H,25,27). The first kappa shape index (κ1) is 18.5. The maximum Gasteiger partial charge on any atom is 0.256 e. The summed E-state index contributed by atoms with van der Waals surface area (Å²) in [6.45, 7) is 2.45. The second-order valence-corrected chi connectivity index (χ2v) is 7.22. The summed E-state index contributed by atoms with van der Waals surface area (Å²) in [6, 6.07) is 13.9. The van der Waals surface area contributed by atoms with Crippen LogP contribution in [0.1, 0.15) is 22.8 Å². The fourth-order valence-corrected chi connectivity index (χ4v) is 3.06. The second-order valence-electron chi connectivity index (χ2n) is 6.35. The molecule has 28 heavy (non-hydrogen) atoms. The normalized spacial score (nSPS) is 15.8. The largest absolute Gasteiger partial charge is 0.475 e. The van der Waals surface area contributed by atoms with Crippen LogP contribution in [-0.4, -0.2) is 34.2 Å². The Morgan fingerprint density at radius 2 is 1.75 bits per heavy atom. The summed E-state index contributed by atoms with van der Waals surface area (Å²) in [5.74, 6) is 0.634. The monoisotopic (exact) mass is 414 g/mol. The average molecular weight is 415 g/mol. The number of aliphatic imine (C=N–C) groups is 1. The topological polar surface area (TPSA) is 68.5 Å². The Hall–Kier alpha value is -2.83. The van der Waals surface area contributed by atoms with E-state index in [1.165, 1.54) is 0 Å². The summed E-state index contributed by atoms with van der Waals surface area (Å²) in [5.41, 5.74) is 1.83. The molecule has 4 rings (SSSR count). The van der Waals surface area contributed by atoms with E-state index in [0.717, 1.165) is 5.69 Å². The maximum atomic E-state index is 12.8. The van der Waals surface area contributed by atoms with Crippen molar-refractivity contribution in [1.82, 2.24) is 9.78 Å². The molecule has 2 heterocycles. The average Bonchev–Trinajstić information content (AvgIpc) is 3.29. The van der Waals surface area contributed by atoms with Gasteiger partial charge in [0.1, 0.15) is 12.4 Å². The first-order valence-electron chi connectivity index (χ1n) is 8.63. The minimum Gasteiger partial charge on any atom is -0.475 e. The maximum absolute atomic E-state index is 12.8. The Labute approximate surface area is 171 Å². The molecule has 1 aromatic heterocycles. The van der Waals surface area contributed by atoms with Crippen LogP contribution in [0.4, 0.5) is 5.82 Å². The van der Waals surface area contributed by atoms with Gasteiger partial charge in [-0.3, -0.25) is 4.79 Å². The van der Waals surface area contributed by atoms with Crippen LogP contribution in [0.5, 0.6) is 0 Å². The fourth-order valence-electron chi connectivity index (χ4n) is 2.81.